The molecular formula is C23H24ClN9O7. The molecule has 210 valence electrons. The number of morpholine rings is 1. The molecule has 1 amide bonds. The molecule has 0 radical (unpaired) electrons. The highest BCUT2D eigenvalue weighted by Gasteiger charge is 2.48. The largest absolute Gasteiger partial charge is 0.483 e. The quantitative estimate of drug-likeness (QED) is 0.189. The van der Waals surface area contributed by atoms with E-state index in [-0.39, 0.29) is 24.7 Å². The Morgan fingerprint density at radius 2 is 2.08 bits per heavy atom. The lowest BCUT2D eigenvalue weighted by atomic mass is 10.1. The van der Waals surface area contributed by atoms with Gasteiger partial charge in [0.2, 0.25) is 0 Å². The summed E-state index contributed by atoms with van der Waals surface area (Å²) >= 11 is 6.21. The van der Waals surface area contributed by atoms with Gasteiger partial charge in [-0.2, -0.15) is 0 Å². The maximum Gasteiger partial charge on any atom is 0.333 e. The number of hydrogen-bond acceptors (Lipinski definition) is 11. The number of aliphatic hydroxyl groups excluding tert-OH is 1. The van der Waals surface area contributed by atoms with Crippen LogP contribution in [0.2, 0.25) is 5.02 Å². The van der Waals surface area contributed by atoms with Gasteiger partial charge in [0.15, 0.2) is 35.9 Å². The maximum atomic E-state index is 12.5. The first-order valence-corrected chi connectivity index (χ1v) is 12.5. The summed E-state index contributed by atoms with van der Waals surface area (Å²) < 4.78 is 17.9. The van der Waals surface area contributed by atoms with Gasteiger partial charge in [-0.05, 0) is 23.7 Å². The molecule has 2 aromatic heterocycles. The second-order valence-corrected chi connectivity index (χ2v) is 9.34. The number of carboxylic acid groups (broad SMARTS) is 1. The molecule has 2 fully saturated rings. The van der Waals surface area contributed by atoms with Crippen molar-refractivity contribution in [2.24, 2.45) is 5.11 Å². The number of carbonyl (C=O) groups is 2. The van der Waals surface area contributed by atoms with Crippen LogP contribution in [0.1, 0.15) is 11.8 Å². The number of amides is 1. The molecule has 4 heterocycles. The van der Waals surface area contributed by atoms with Gasteiger partial charge in [-0.15, -0.1) is 0 Å². The lowest BCUT2D eigenvalue weighted by molar-refractivity contribution is -0.152. The molecule has 4 unspecified atom stereocenters. The van der Waals surface area contributed by atoms with E-state index in [4.69, 9.17) is 31.3 Å². The van der Waals surface area contributed by atoms with E-state index in [1.807, 2.05) is 0 Å². The zero-order valence-corrected chi connectivity index (χ0v) is 21.6. The lowest BCUT2D eigenvalue weighted by Gasteiger charge is -2.26. The number of rotatable bonds is 9. The number of azide groups is 1. The fraction of sp³-hybridized carbons (Fsp3) is 0.435. The molecule has 0 bridgehead atoms. The number of benzene rings is 1. The van der Waals surface area contributed by atoms with Crippen molar-refractivity contribution in [1.29, 1.82) is 0 Å². The van der Waals surface area contributed by atoms with Crippen LogP contribution in [0.15, 0.2) is 36.0 Å². The second-order valence-electron chi connectivity index (χ2n) is 8.91. The van der Waals surface area contributed by atoms with E-state index in [0.717, 1.165) is 0 Å². The Morgan fingerprint density at radius 3 is 2.83 bits per heavy atom. The molecule has 40 heavy (non-hydrogen) atoms. The second kappa shape index (κ2) is 11.9. The Bertz CT molecular complexity index is 1460. The third kappa shape index (κ3) is 5.57. The summed E-state index contributed by atoms with van der Waals surface area (Å²) in [4.78, 5) is 41.2. The van der Waals surface area contributed by atoms with Crippen LogP contribution < -0.4 is 10.1 Å². The van der Waals surface area contributed by atoms with Crippen molar-refractivity contribution in [3.05, 3.63) is 51.9 Å². The number of fused-ring (bicyclic) bond motifs is 1. The molecule has 0 spiro atoms. The van der Waals surface area contributed by atoms with E-state index in [1.54, 1.807) is 23.1 Å². The topological polar surface area (TPSA) is 210 Å². The minimum absolute atomic E-state index is 0.144. The van der Waals surface area contributed by atoms with Gasteiger partial charge in [0.05, 0.1) is 19.5 Å². The molecule has 2 saturated heterocycles. The molecule has 2 aliphatic rings. The summed E-state index contributed by atoms with van der Waals surface area (Å²) in [6, 6.07) is 3.69. The van der Waals surface area contributed by atoms with Gasteiger partial charge in [-0.25, -0.2) is 19.7 Å². The third-order valence-corrected chi connectivity index (χ3v) is 6.72. The van der Waals surface area contributed by atoms with Gasteiger partial charge >= 0.3 is 5.97 Å². The van der Waals surface area contributed by atoms with Crippen LogP contribution in [-0.2, 0) is 25.6 Å². The number of imidazole rings is 1. The van der Waals surface area contributed by atoms with E-state index in [9.17, 15) is 19.8 Å². The fourth-order valence-electron chi connectivity index (χ4n) is 4.50. The van der Waals surface area contributed by atoms with E-state index in [1.165, 1.54) is 17.2 Å². The molecule has 16 nitrogen and oxygen atoms in total. The number of aliphatic carboxylic acids is 1. The summed E-state index contributed by atoms with van der Waals surface area (Å²) in [5.74, 6) is -0.746. The Labute approximate surface area is 231 Å². The average molecular weight is 574 g/mol. The first kappa shape index (κ1) is 27.4. The average Bonchev–Trinajstić information content (AvgIpc) is 3.53. The van der Waals surface area contributed by atoms with Crippen LogP contribution in [0.5, 0.6) is 5.75 Å². The smallest absolute Gasteiger partial charge is 0.333 e. The van der Waals surface area contributed by atoms with Crippen LogP contribution in [0.4, 0.5) is 5.82 Å². The van der Waals surface area contributed by atoms with Crippen LogP contribution in [0.25, 0.3) is 21.6 Å². The molecule has 0 aliphatic carbocycles. The molecule has 3 N–H and O–H groups in total. The number of aliphatic hydroxyl groups is 1. The van der Waals surface area contributed by atoms with Gasteiger partial charge < -0.3 is 34.6 Å². The molecule has 0 saturated carbocycles. The number of carboxylic acids is 1. The van der Waals surface area contributed by atoms with E-state index >= 15 is 0 Å². The Balaban J connectivity index is 1.33. The van der Waals surface area contributed by atoms with Crippen LogP contribution in [-0.4, -0.2) is 97.7 Å². The molecule has 2 aliphatic heterocycles. The van der Waals surface area contributed by atoms with Crippen molar-refractivity contribution in [2.75, 3.05) is 38.2 Å². The van der Waals surface area contributed by atoms with Crippen LogP contribution >= 0.6 is 11.6 Å². The van der Waals surface area contributed by atoms with Gasteiger partial charge in [-0.3, -0.25) is 9.36 Å². The van der Waals surface area contributed by atoms with Crippen molar-refractivity contribution in [2.45, 2.75) is 31.0 Å². The van der Waals surface area contributed by atoms with Gasteiger partial charge in [0, 0.05) is 35.1 Å². The van der Waals surface area contributed by atoms with Gasteiger partial charge in [-0.1, -0.05) is 16.7 Å². The summed E-state index contributed by atoms with van der Waals surface area (Å²) in [7, 11) is 0. The molecule has 3 aromatic rings. The number of hydrogen-bond donors (Lipinski definition) is 3. The van der Waals surface area contributed by atoms with Crippen molar-refractivity contribution < 1.29 is 34.0 Å². The Kier molecular flexibility index (Phi) is 8.14. The molecule has 17 heteroatoms. The highest BCUT2D eigenvalue weighted by Crippen LogP contribution is 2.34. The summed E-state index contributed by atoms with van der Waals surface area (Å²) in [5.41, 5.74) is 10.00. The highest BCUT2D eigenvalue weighted by atomic mass is 35.5. The molecule has 1 aromatic carbocycles. The highest BCUT2D eigenvalue weighted by molar-refractivity contribution is 6.30. The van der Waals surface area contributed by atoms with E-state index < -0.39 is 30.4 Å². The lowest BCUT2D eigenvalue weighted by Crippen LogP contribution is -2.43. The summed E-state index contributed by atoms with van der Waals surface area (Å²) in [5, 5.41) is 27.1. The number of anilines is 1. The minimum atomic E-state index is -1.55. The zero-order valence-electron chi connectivity index (χ0n) is 20.8. The van der Waals surface area contributed by atoms with E-state index in [0.29, 0.717) is 54.0 Å². The monoisotopic (exact) mass is 573 g/mol. The SMILES string of the molecule is [N-]=[N+]=NC1C(C(=O)O)OC(n2cnc3c(NCc4cc(Cl)ccc4OCC(=O)N4CCOCC4)ncnc32)C1O. The van der Waals surface area contributed by atoms with E-state index in [2.05, 4.69) is 30.3 Å². The summed E-state index contributed by atoms with van der Waals surface area (Å²) in [6.45, 7) is 2.06. The molecule has 4 atom stereocenters. The molecule has 5 rings (SSSR count). The normalized spacial score (nSPS) is 22.6. The minimum Gasteiger partial charge on any atom is -0.483 e. The Hall–Kier alpha value is -4.21. The zero-order chi connectivity index (χ0) is 28.2. The Morgan fingerprint density at radius 1 is 1.27 bits per heavy atom. The number of aromatic nitrogens is 4. The summed E-state index contributed by atoms with van der Waals surface area (Å²) in [6.07, 6.45) is -1.65. The fourth-order valence-corrected chi connectivity index (χ4v) is 4.69. The third-order valence-electron chi connectivity index (χ3n) is 6.48. The number of carbonyl (C=O) groups excluding carboxylic acids is 1. The maximum absolute atomic E-state index is 12.5. The van der Waals surface area contributed by atoms with Crippen molar-refractivity contribution in [3.63, 3.8) is 0 Å². The standard InChI is InChI=1S/C23H24ClN9O7/c24-13-1-2-14(39-9-15(34)32-3-5-38-6-4-32)12(7-13)8-26-20-17-21(28-10-27-20)33(11-29-17)22-18(35)16(30-31-25)19(40-22)23(36)37/h1-2,7,10-11,16,18-19,22,35H,3-6,8-9H2,(H,36,37)(H,26,27,28). The van der Waals surface area contributed by atoms with Crippen molar-refractivity contribution in [3.8, 4) is 5.75 Å². The number of nitrogens with one attached hydrogen (secondary N) is 1. The first-order chi connectivity index (χ1) is 19.4. The van der Waals surface area contributed by atoms with Gasteiger partial charge in [0.25, 0.3) is 5.91 Å². The van der Waals surface area contributed by atoms with Gasteiger partial charge in [0.1, 0.15) is 24.2 Å². The number of nitrogens with zero attached hydrogens (tertiary/aromatic N) is 8. The predicted molar refractivity (Wildman–Crippen MR) is 137 cm³/mol. The number of ether oxygens (including phenoxy) is 3. The van der Waals surface area contributed by atoms with Crippen LogP contribution in [0, 0.1) is 0 Å². The van der Waals surface area contributed by atoms with Crippen molar-refractivity contribution in [1.82, 2.24) is 24.4 Å². The first-order valence-electron chi connectivity index (χ1n) is 12.2. The van der Waals surface area contributed by atoms with Crippen molar-refractivity contribution >= 4 is 40.5 Å². The molecular weight excluding hydrogens is 550 g/mol. The number of halogens is 1. The predicted octanol–water partition coefficient (Wildman–Crippen LogP) is 1.35. The van der Waals surface area contributed by atoms with Crippen LogP contribution in [0.3, 0.4) is 0 Å².